The number of nitrogens with two attached hydrogens (primary N) is 1. The lowest BCUT2D eigenvalue weighted by Crippen LogP contribution is -2.34. The van der Waals surface area contributed by atoms with Gasteiger partial charge in [0, 0.05) is 6.54 Å². The summed E-state index contributed by atoms with van der Waals surface area (Å²) in [6, 6.07) is 5.41. The van der Waals surface area contributed by atoms with Crippen molar-refractivity contribution in [3.05, 3.63) is 29.3 Å². The van der Waals surface area contributed by atoms with E-state index in [4.69, 9.17) is 17.3 Å². The molecule has 84 valence electrons. The molecule has 4 nitrogen and oxygen atoms in total. The monoisotopic (exact) mass is 238 g/mol. The van der Waals surface area contributed by atoms with Gasteiger partial charge in [-0.3, -0.25) is 9.59 Å². The Morgan fingerprint density at radius 2 is 2.25 bits per heavy atom. The Balaban J connectivity index is 2.42. The number of alkyl halides is 1. The second-order valence-corrected chi connectivity index (χ2v) is 3.87. The van der Waals surface area contributed by atoms with Crippen molar-refractivity contribution >= 4 is 29.1 Å². The number of rotatable bonds is 2. The number of benzene rings is 1. The van der Waals surface area contributed by atoms with Crippen molar-refractivity contribution in [2.24, 2.45) is 5.73 Å². The van der Waals surface area contributed by atoms with E-state index in [0.717, 1.165) is 16.0 Å². The summed E-state index contributed by atoms with van der Waals surface area (Å²) in [6.07, 6.45) is 0.242. The minimum Gasteiger partial charge on any atom is -0.326 e. The van der Waals surface area contributed by atoms with Gasteiger partial charge in [0.1, 0.15) is 5.88 Å². The van der Waals surface area contributed by atoms with Crippen molar-refractivity contribution in [3.63, 3.8) is 0 Å². The first-order valence-corrected chi connectivity index (χ1v) is 5.44. The van der Waals surface area contributed by atoms with Crippen LogP contribution in [0.25, 0.3) is 0 Å². The van der Waals surface area contributed by atoms with Gasteiger partial charge in [0.25, 0.3) is 0 Å². The first kappa shape index (κ1) is 11.1. The van der Waals surface area contributed by atoms with E-state index in [0.29, 0.717) is 12.2 Å². The predicted octanol–water partition coefficient (Wildman–Crippen LogP) is 0.800. The molecule has 2 amide bonds. The van der Waals surface area contributed by atoms with Crippen LogP contribution in [0.2, 0.25) is 0 Å². The molecular weight excluding hydrogens is 228 g/mol. The highest BCUT2D eigenvalue weighted by Crippen LogP contribution is 2.29. The molecule has 0 aliphatic carbocycles. The third kappa shape index (κ3) is 1.70. The Hall–Kier alpha value is -1.39. The molecule has 2 N–H and O–H groups in total. The molecule has 1 aromatic rings. The van der Waals surface area contributed by atoms with Gasteiger partial charge >= 0.3 is 0 Å². The smallest absolute Gasteiger partial charge is 0.248 e. The summed E-state index contributed by atoms with van der Waals surface area (Å²) < 4.78 is 0. The number of amides is 2. The maximum atomic E-state index is 11.6. The highest BCUT2D eigenvalue weighted by Gasteiger charge is 2.31. The summed E-state index contributed by atoms with van der Waals surface area (Å²) >= 11 is 5.46. The molecule has 0 fully saturated rings. The zero-order chi connectivity index (χ0) is 11.7. The maximum absolute atomic E-state index is 11.6. The van der Waals surface area contributed by atoms with Crippen LogP contribution in [0.5, 0.6) is 0 Å². The quantitative estimate of drug-likeness (QED) is 0.776. The third-order valence-corrected chi connectivity index (χ3v) is 2.80. The maximum Gasteiger partial charge on any atom is 0.248 e. The van der Waals surface area contributed by atoms with E-state index >= 15 is 0 Å². The minimum atomic E-state index is -0.383. The molecule has 0 saturated carbocycles. The fraction of sp³-hybridized carbons (Fsp3) is 0.273. The van der Waals surface area contributed by atoms with Gasteiger partial charge < -0.3 is 5.73 Å². The fourth-order valence-corrected chi connectivity index (χ4v) is 1.95. The largest absolute Gasteiger partial charge is 0.326 e. The van der Waals surface area contributed by atoms with Gasteiger partial charge in [0.15, 0.2) is 0 Å². The zero-order valence-electron chi connectivity index (χ0n) is 8.57. The highest BCUT2D eigenvalue weighted by atomic mass is 35.5. The van der Waals surface area contributed by atoms with Crippen molar-refractivity contribution in [1.29, 1.82) is 0 Å². The number of anilines is 1. The number of hydrogen-bond acceptors (Lipinski definition) is 3. The standard InChI is InChI=1S/C11H11ClN2O2/c12-5-11(16)14-9-2-1-7(6-13)3-8(9)4-10(14)15/h1-3H,4-6,13H2. The molecule has 0 aromatic heterocycles. The van der Waals surface area contributed by atoms with Crippen LogP contribution in [0.1, 0.15) is 11.1 Å². The normalized spacial score (nSPS) is 14.1. The van der Waals surface area contributed by atoms with E-state index in [-0.39, 0.29) is 24.1 Å². The second kappa shape index (κ2) is 4.23. The minimum absolute atomic E-state index is 0.191. The SMILES string of the molecule is NCc1ccc2c(c1)CC(=O)N2C(=O)CCl. The molecule has 0 bridgehead atoms. The molecule has 0 radical (unpaired) electrons. The second-order valence-electron chi connectivity index (χ2n) is 3.60. The molecule has 0 saturated heterocycles. The summed E-state index contributed by atoms with van der Waals surface area (Å²) in [5.41, 5.74) is 7.93. The average molecular weight is 239 g/mol. The van der Waals surface area contributed by atoms with Crippen molar-refractivity contribution in [2.75, 3.05) is 10.8 Å². The Bertz CT molecular complexity index is 459. The highest BCUT2D eigenvalue weighted by molar-refractivity contribution is 6.33. The Kier molecular flexibility index (Phi) is 2.94. The van der Waals surface area contributed by atoms with Crippen LogP contribution in [0.4, 0.5) is 5.69 Å². The number of fused-ring (bicyclic) bond motifs is 1. The number of carbonyl (C=O) groups excluding carboxylic acids is 2. The van der Waals surface area contributed by atoms with Crippen LogP contribution in [0.15, 0.2) is 18.2 Å². The Morgan fingerprint density at radius 1 is 1.50 bits per heavy atom. The van der Waals surface area contributed by atoms with Gasteiger partial charge in [-0.2, -0.15) is 0 Å². The van der Waals surface area contributed by atoms with E-state index in [9.17, 15) is 9.59 Å². The zero-order valence-corrected chi connectivity index (χ0v) is 9.33. The van der Waals surface area contributed by atoms with Crippen molar-refractivity contribution in [2.45, 2.75) is 13.0 Å². The van der Waals surface area contributed by atoms with Gasteiger partial charge in [0.05, 0.1) is 12.1 Å². The molecule has 0 atom stereocenters. The lowest BCUT2D eigenvalue weighted by molar-refractivity contribution is -0.124. The molecule has 0 spiro atoms. The van der Waals surface area contributed by atoms with Gasteiger partial charge in [-0.25, -0.2) is 4.90 Å². The van der Waals surface area contributed by atoms with Gasteiger partial charge in [0.2, 0.25) is 11.8 Å². The number of hydrogen-bond donors (Lipinski definition) is 1. The molecule has 1 heterocycles. The van der Waals surface area contributed by atoms with Crippen LogP contribution < -0.4 is 10.6 Å². The number of nitrogens with zero attached hydrogens (tertiary/aromatic N) is 1. The Labute approximate surface area is 98.0 Å². The topological polar surface area (TPSA) is 63.4 Å². The van der Waals surface area contributed by atoms with Crippen LogP contribution >= 0.6 is 11.6 Å². The van der Waals surface area contributed by atoms with Crippen LogP contribution in [-0.4, -0.2) is 17.7 Å². The Morgan fingerprint density at radius 3 is 2.88 bits per heavy atom. The van der Waals surface area contributed by atoms with Gasteiger partial charge in [-0.05, 0) is 17.2 Å². The van der Waals surface area contributed by atoms with E-state index in [1.807, 2.05) is 12.1 Å². The summed E-state index contributed by atoms with van der Waals surface area (Å²) in [5.74, 6) is -0.801. The van der Waals surface area contributed by atoms with Crippen LogP contribution in [-0.2, 0) is 22.6 Å². The van der Waals surface area contributed by atoms with Crippen LogP contribution in [0.3, 0.4) is 0 Å². The third-order valence-electron chi connectivity index (χ3n) is 2.58. The molecule has 1 aromatic carbocycles. The van der Waals surface area contributed by atoms with E-state index in [1.165, 1.54) is 0 Å². The lowest BCUT2D eigenvalue weighted by atomic mass is 10.1. The fourth-order valence-electron chi connectivity index (χ4n) is 1.84. The average Bonchev–Trinajstić information content (AvgIpc) is 2.62. The number of carbonyl (C=O) groups is 2. The van der Waals surface area contributed by atoms with E-state index < -0.39 is 0 Å². The first-order valence-electron chi connectivity index (χ1n) is 4.91. The van der Waals surface area contributed by atoms with Crippen LogP contribution in [0, 0.1) is 0 Å². The molecule has 5 heteroatoms. The summed E-state index contributed by atoms with van der Waals surface area (Å²) in [6.45, 7) is 0.422. The lowest BCUT2D eigenvalue weighted by Gasteiger charge is -2.13. The van der Waals surface area contributed by atoms with Crippen molar-refractivity contribution in [1.82, 2.24) is 0 Å². The van der Waals surface area contributed by atoms with E-state index in [2.05, 4.69) is 0 Å². The molecule has 16 heavy (non-hydrogen) atoms. The molecule has 0 unspecified atom stereocenters. The van der Waals surface area contributed by atoms with Crippen molar-refractivity contribution < 1.29 is 9.59 Å². The number of imide groups is 1. The summed E-state index contributed by atoms with van der Waals surface area (Å²) in [7, 11) is 0. The summed E-state index contributed by atoms with van der Waals surface area (Å²) in [4.78, 5) is 24.3. The first-order chi connectivity index (χ1) is 7.67. The van der Waals surface area contributed by atoms with Gasteiger partial charge in [-0.1, -0.05) is 12.1 Å². The predicted molar refractivity (Wildman–Crippen MR) is 61.3 cm³/mol. The molecule has 1 aliphatic heterocycles. The van der Waals surface area contributed by atoms with Crippen molar-refractivity contribution in [3.8, 4) is 0 Å². The molecule has 1 aliphatic rings. The number of halogens is 1. The van der Waals surface area contributed by atoms with Gasteiger partial charge in [-0.15, -0.1) is 11.6 Å². The summed E-state index contributed by atoms with van der Waals surface area (Å²) in [5, 5.41) is 0. The van der Waals surface area contributed by atoms with E-state index in [1.54, 1.807) is 6.07 Å². The molecular formula is C11H11ClN2O2. The molecule has 2 rings (SSSR count).